The van der Waals surface area contributed by atoms with E-state index >= 15 is 0 Å². The number of hydrogen-bond donors (Lipinski definition) is 1. The molecule has 0 aliphatic heterocycles. The zero-order valence-corrected chi connectivity index (χ0v) is 11.8. The molecule has 1 aromatic rings. The number of hydrogen-bond acceptors (Lipinski definition) is 3. The number of rotatable bonds is 5. The van der Waals surface area contributed by atoms with Crippen LogP contribution in [0.4, 0.5) is 0 Å². The zero-order valence-electron chi connectivity index (χ0n) is 9.40. The van der Waals surface area contributed by atoms with Gasteiger partial charge in [-0.05, 0) is 30.7 Å². The van der Waals surface area contributed by atoms with E-state index in [1.54, 1.807) is 7.11 Å². The summed E-state index contributed by atoms with van der Waals surface area (Å²) in [5, 5.41) is 0.0121. The second-order valence-electron chi connectivity index (χ2n) is 3.53. The average molecular weight is 306 g/mol. The molecule has 0 saturated heterocycles. The van der Waals surface area contributed by atoms with Crippen LogP contribution in [0, 0.1) is 0 Å². The van der Waals surface area contributed by atoms with Gasteiger partial charge >= 0.3 is 0 Å². The Hall–Kier alpha value is -0.390. The number of benzene rings is 1. The molecule has 0 aliphatic rings. The Bertz CT molecular complexity index is 384. The van der Waals surface area contributed by atoms with Crippen LogP contribution in [0.25, 0.3) is 0 Å². The van der Waals surface area contributed by atoms with Gasteiger partial charge in [-0.2, -0.15) is 0 Å². The van der Waals surface area contributed by atoms with E-state index in [0.717, 1.165) is 15.8 Å². The van der Waals surface area contributed by atoms with Crippen molar-refractivity contribution >= 4 is 26.7 Å². The molecule has 0 spiro atoms. The summed E-state index contributed by atoms with van der Waals surface area (Å²) in [7, 11) is 0.671. The van der Waals surface area contributed by atoms with Gasteiger partial charge in [0.1, 0.15) is 5.75 Å². The quantitative estimate of drug-likeness (QED) is 0.906. The summed E-state index contributed by atoms with van der Waals surface area (Å²) in [5.74, 6) is 1.27. The Morgan fingerprint density at radius 1 is 1.56 bits per heavy atom. The van der Waals surface area contributed by atoms with Gasteiger partial charge in [0, 0.05) is 27.1 Å². The summed E-state index contributed by atoms with van der Waals surface area (Å²) in [6.45, 7) is 2.33. The largest absolute Gasteiger partial charge is 0.497 e. The summed E-state index contributed by atoms with van der Waals surface area (Å²) >= 11 is 3.44. The predicted molar refractivity (Wildman–Crippen MR) is 71.1 cm³/mol. The van der Waals surface area contributed by atoms with Gasteiger partial charge in [-0.15, -0.1) is 0 Å². The Labute approximate surface area is 107 Å². The first kappa shape index (κ1) is 13.7. The third-order valence-electron chi connectivity index (χ3n) is 2.33. The summed E-state index contributed by atoms with van der Waals surface area (Å²) < 4.78 is 17.9. The van der Waals surface area contributed by atoms with Gasteiger partial charge in [0.2, 0.25) is 0 Å². The van der Waals surface area contributed by atoms with E-state index in [4.69, 9.17) is 10.5 Å². The second kappa shape index (κ2) is 6.37. The SMILES string of the molecule is COc1ccc(Br)c(CS(=O)C(C)CN)c1. The molecule has 0 heterocycles. The standard InChI is InChI=1S/C11H16BrNO2S/c1-8(6-13)16(14)7-9-5-10(15-2)3-4-11(9)12/h3-5,8H,6-7,13H2,1-2H3. The Balaban J connectivity index is 2.83. The van der Waals surface area contributed by atoms with Crippen molar-refractivity contribution in [3.05, 3.63) is 28.2 Å². The molecule has 16 heavy (non-hydrogen) atoms. The van der Waals surface area contributed by atoms with Crippen LogP contribution in [0.2, 0.25) is 0 Å². The summed E-state index contributed by atoms with van der Waals surface area (Å²) in [6, 6.07) is 5.66. The maximum atomic E-state index is 11.9. The van der Waals surface area contributed by atoms with Gasteiger partial charge < -0.3 is 10.5 Å². The monoisotopic (exact) mass is 305 g/mol. The van der Waals surface area contributed by atoms with Crippen LogP contribution in [0.5, 0.6) is 5.75 Å². The fourth-order valence-electron chi connectivity index (χ4n) is 1.19. The normalized spacial score (nSPS) is 14.5. The molecule has 1 rings (SSSR count). The second-order valence-corrected chi connectivity index (χ2v) is 6.24. The Morgan fingerprint density at radius 2 is 2.25 bits per heavy atom. The first-order valence-corrected chi connectivity index (χ1v) is 7.15. The molecular weight excluding hydrogens is 290 g/mol. The van der Waals surface area contributed by atoms with Gasteiger partial charge in [0.15, 0.2) is 0 Å². The van der Waals surface area contributed by atoms with Crippen LogP contribution in [0.3, 0.4) is 0 Å². The van der Waals surface area contributed by atoms with Crippen molar-refractivity contribution in [1.29, 1.82) is 0 Å². The highest BCUT2D eigenvalue weighted by molar-refractivity contribution is 9.10. The number of halogens is 1. The lowest BCUT2D eigenvalue weighted by Gasteiger charge is -2.11. The molecule has 2 unspecified atom stereocenters. The van der Waals surface area contributed by atoms with Crippen LogP contribution in [-0.2, 0) is 16.6 Å². The van der Waals surface area contributed by atoms with Crippen molar-refractivity contribution in [3.63, 3.8) is 0 Å². The van der Waals surface area contributed by atoms with Crippen molar-refractivity contribution < 1.29 is 8.95 Å². The summed E-state index contributed by atoms with van der Waals surface area (Å²) in [5.41, 5.74) is 6.48. The molecule has 0 radical (unpaired) electrons. The Kier molecular flexibility index (Phi) is 5.44. The summed E-state index contributed by atoms with van der Waals surface area (Å²) in [6.07, 6.45) is 0. The lowest BCUT2D eigenvalue weighted by molar-refractivity contribution is 0.414. The molecule has 2 atom stereocenters. The third kappa shape index (κ3) is 3.57. The minimum Gasteiger partial charge on any atom is -0.497 e. The van der Waals surface area contributed by atoms with Crippen molar-refractivity contribution in [2.45, 2.75) is 17.9 Å². The average Bonchev–Trinajstić information content (AvgIpc) is 2.30. The maximum Gasteiger partial charge on any atom is 0.119 e. The van der Waals surface area contributed by atoms with E-state index in [1.807, 2.05) is 25.1 Å². The molecule has 0 amide bonds. The van der Waals surface area contributed by atoms with Crippen LogP contribution >= 0.6 is 15.9 Å². The van der Waals surface area contributed by atoms with E-state index in [9.17, 15) is 4.21 Å². The minimum absolute atomic E-state index is 0.0121. The van der Waals surface area contributed by atoms with Gasteiger partial charge in [0.25, 0.3) is 0 Å². The molecule has 90 valence electrons. The van der Waals surface area contributed by atoms with E-state index in [1.165, 1.54) is 0 Å². The maximum absolute atomic E-state index is 11.9. The van der Waals surface area contributed by atoms with Crippen LogP contribution in [0.15, 0.2) is 22.7 Å². The highest BCUT2D eigenvalue weighted by Crippen LogP contribution is 2.24. The highest BCUT2D eigenvalue weighted by Gasteiger charge is 2.12. The summed E-state index contributed by atoms with van der Waals surface area (Å²) in [4.78, 5) is 0. The van der Waals surface area contributed by atoms with E-state index < -0.39 is 10.8 Å². The van der Waals surface area contributed by atoms with Gasteiger partial charge in [-0.3, -0.25) is 4.21 Å². The Morgan fingerprint density at radius 3 is 2.81 bits per heavy atom. The van der Waals surface area contributed by atoms with Gasteiger partial charge in [0.05, 0.1) is 12.9 Å². The predicted octanol–water partition coefficient (Wildman–Crippen LogP) is 2.05. The third-order valence-corrected chi connectivity index (χ3v) is 4.79. The molecule has 0 aromatic heterocycles. The first-order chi connectivity index (χ1) is 7.58. The fraction of sp³-hybridized carbons (Fsp3) is 0.455. The number of nitrogens with two attached hydrogens (primary N) is 1. The minimum atomic E-state index is -0.947. The van der Waals surface area contributed by atoms with Gasteiger partial charge in [-0.1, -0.05) is 15.9 Å². The topological polar surface area (TPSA) is 52.3 Å². The van der Waals surface area contributed by atoms with E-state index in [-0.39, 0.29) is 5.25 Å². The molecule has 1 aromatic carbocycles. The highest BCUT2D eigenvalue weighted by atomic mass is 79.9. The van der Waals surface area contributed by atoms with Crippen molar-refractivity contribution in [2.24, 2.45) is 5.73 Å². The molecular formula is C11H16BrNO2S. The lowest BCUT2D eigenvalue weighted by Crippen LogP contribution is -2.22. The fourth-order valence-corrected chi connectivity index (χ4v) is 2.81. The number of methoxy groups -OCH3 is 1. The van der Waals surface area contributed by atoms with Crippen LogP contribution in [-0.4, -0.2) is 23.1 Å². The van der Waals surface area contributed by atoms with Crippen molar-refractivity contribution in [2.75, 3.05) is 13.7 Å². The zero-order chi connectivity index (χ0) is 12.1. The molecule has 0 fully saturated rings. The van der Waals surface area contributed by atoms with Crippen LogP contribution in [0.1, 0.15) is 12.5 Å². The van der Waals surface area contributed by atoms with Crippen molar-refractivity contribution in [1.82, 2.24) is 0 Å². The number of ether oxygens (including phenoxy) is 1. The lowest BCUT2D eigenvalue weighted by atomic mass is 10.2. The molecule has 0 saturated carbocycles. The van der Waals surface area contributed by atoms with E-state index in [0.29, 0.717) is 12.3 Å². The molecule has 0 bridgehead atoms. The smallest absolute Gasteiger partial charge is 0.119 e. The molecule has 5 heteroatoms. The molecule has 0 aliphatic carbocycles. The van der Waals surface area contributed by atoms with Crippen molar-refractivity contribution in [3.8, 4) is 5.75 Å². The van der Waals surface area contributed by atoms with Gasteiger partial charge in [-0.25, -0.2) is 0 Å². The van der Waals surface area contributed by atoms with Crippen LogP contribution < -0.4 is 10.5 Å². The molecule has 3 nitrogen and oxygen atoms in total. The molecule has 2 N–H and O–H groups in total. The van der Waals surface area contributed by atoms with E-state index in [2.05, 4.69) is 15.9 Å². The first-order valence-electron chi connectivity index (χ1n) is 4.98.